The summed E-state index contributed by atoms with van der Waals surface area (Å²) in [5.41, 5.74) is 4.73. The Bertz CT molecular complexity index is 1290. The number of rotatable bonds is 4. The molecule has 5 rings (SSSR count). The Balaban J connectivity index is 1.40. The topological polar surface area (TPSA) is 88.5 Å². The fraction of sp³-hybridized carbons (Fsp3) is 0. The summed E-state index contributed by atoms with van der Waals surface area (Å²) in [5, 5.41) is 2.83. The van der Waals surface area contributed by atoms with Crippen molar-refractivity contribution < 1.29 is 4.79 Å². The highest BCUT2D eigenvalue weighted by atomic mass is 16.1. The Morgan fingerprint density at radius 1 is 0.897 bits per heavy atom. The minimum atomic E-state index is -0.245. The van der Waals surface area contributed by atoms with Gasteiger partial charge in [0, 0.05) is 23.6 Å². The zero-order chi connectivity index (χ0) is 19.6. The highest BCUT2D eigenvalue weighted by molar-refractivity contribution is 6.07. The Kier molecular flexibility index (Phi) is 4.10. The number of hydrogen-bond donors (Lipinski definition) is 2. The smallest absolute Gasteiger partial charge is 0.256 e. The molecule has 29 heavy (non-hydrogen) atoms. The van der Waals surface area contributed by atoms with E-state index in [1.54, 1.807) is 6.07 Å². The molecule has 1 amide bonds. The molecule has 0 aliphatic rings. The number of imidazole rings is 1. The van der Waals surface area contributed by atoms with Crippen LogP contribution in [0.1, 0.15) is 10.4 Å². The van der Waals surface area contributed by atoms with Crippen LogP contribution in [0.25, 0.3) is 28.0 Å². The zero-order valence-electron chi connectivity index (χ0n) is 15.3. The SMILES string of the molecule is O=C(Nc1ncnc2nc[nH]c12)c1cccc(-c2ccc(-n3cccc3)cc2)c1. The van der Waals surface area contributed by atoms with Gasteiger partial charge in [0.05, 0.1) is 6.33 Å². The third-order valence-electron chi connectivity index (χ3n) is 4.68. The van der Waals surface area contributed by atoms with Gasteiger partial charge in [-0.2, -0.15) is 0 Å². The Morgan fingerprint density at radius 2 is 1.72 bits per heavy atom. The maximum atomic E-state index is 12.8. The maximum Gasteiger partial charge on any atom is 0.256 e. The number of nitrogens with zero attached hydrogens (tertiary/aromatic N) is 4. The lowest BCUT2D eigenvalue weighted by molar-refractivity contribution is 0.102. The number of carbonyl (C=O) groups is 1. The number of hydrogen-bond acceptors (Lipinski definition) is 4. The van der Waals surface area contributed by atoms with Crippen LogP contribution in [0.15, 0.2) is 85.7 Å². The Labute approximate surface area is 166 Å². The van der Waals surface area contributed by atoms with Gasteiger partial charge in [-0.05, 0) is 47.5 Å². The highest BCUT2D eigenvalue weighted by Crippen LogP contribution is 2.23. The van der Waals surface area contributed by atoms with E-state index in [4.69, 9.17) is 0 Å². The van der Waals surface area contributed by atoms with E-state index in [1.165, 1.54) is 12.7 Å². The van der Waals surface area contributed by atoms with Crippen LogP contribution in [0, 0.1) is 0 Å². The fourth-order valence-corrected chi connectivity index (χ4v) is 3.21. The van der Waals surface area contributed by atoms with Gasteiger partial charge < -0.3 is 14.9 Å². The van der Waals surface area contributed by atoms with Gasteiger partial charge in [-0.3, -0.25) is 4.79 Å². The summed E-state index contributed by atoms with van der Waals surface area (Å²) in [6, 6.07) is 19.7. The lowest BCUT2D eigenvalue weighted by Crippen LogP contribution is -2.13. The van der Waals surface area contributed by atoms with Crippen LogP contribution in [0.2, 0.25) is 0 Å². The van der Waals surface area contributed by atoms with Crippen molar-refractivity contribution in [2.45, 2.75) is 0 Å². The van der Waals surface area contributed by atoms with Gasteiger partial charge in [0.1, 0.15) is 11.8 Å². The Hall–Kier alpha value is -4.26. The van der Waals surface area contributed by atoms with Crippen LogP contribution < -0.4 is 5.32 Å². The second-order valence-electron chi connectivity index (χ2n) is 6.50. The van der Waals surface area contributed by atoms with E-state index in [2.05, 4.69) is 37.4 Å². The minimum absolute atomic E-state index is 0.245. The van der Waals surface area contributed by atoms with Crippen molar-refractivity contribution >= 4 is 22.9 Å². The normalized spacial score (nSPS) is 10.9. The summed E-state index contributed by atoms with van der Waals surface area (Å²) in [7, 11) is 0. The molecule has 0 aliphatic carbocycles. The second kappa shape index (κ2) is 7.05. The second-order valence-corrected chi connectivity index (χ2v) is 6.50. The maximum absolute atomic E-state index is 12.8. The molecule has 0 saturated carbocycles. The van der Waals surface area contributed by atoms with E-state index < -0.39 is 0 Å². The van der Waals surface area contributed by atoms with Crippen LogP contribution in [0.3, 0.4) is 0 Å². The molecule has 7 nitrogen and oxygen atoms in total. The van der Waals surface area contributed by atoms with E-state index in [-0.39, 0.29) is 5.91 Å². The Morgan fingerprint density at radius 3 is 2.55 bits per heavy atom. The van der Waals surface area contributed by atoms with Crippen molar-refractivity contribution in [3.05, 3.63) is 91.3 Å². The summed E-state index contributed by atoms with van der Waals surface area (Å²) < 4.78 is 2.05. The minimum Gasteiger partial charge on any atom is -0.340 e. The van der Waals surface area contributed by atoms with Crippen molar-refractivity contribution in [3.63, 3.8) is 0 Å². The van der Waals surface area contributed by atoms with Crippen molar-refractivity contribution in [2.24, 2.45) is 0 Å². The van der Waals surface area contributed by atoms with Gasteiger partial charge in [0.15, 0.2) is 11.5 Å². The molecular formula is C22H16N6O. The van der Waals surface area contributed by atoms with Crippen LogP contribution in [-0.2, 0) is 0 Å². The molecule has 2 aromatic carbocycles. The first kappa shape index (κ1) is 16.9. The van der Waals surface area contributed by atoms with Crippen LogP contribution in [0.4, 0.5) is 5.82 Å². The fourth-order valence-electron chi connectivity index (χ4n) is 3.21. The molecule has 0 aliphatic heterocycles. The first-order valence-electron chi connectivity index (χ1n) is 9.07. The first-order valence-corrected chi connectivity index (χ1v) is 9.07. The molecule has 5 aromatic rings. The number of aromatic nitrogens is 5. The molecule has 0 bridgehead atoms. The number of fused-ring (bicyclic) bond motifs is 1. The third-order valence-corrected chi connectivity index (χ3v) is 4.68. The number of benzene rings is 2. The first-order chi connectivity index (χ1) is 14.3. The van der Waals surface area contributed by atoms with Gasteiger partial charge in [-0.25, -0.2) is 15.0 Å². The molecule has 2 N–H and O–H groups in total. The molecule has 0 saturated heterocycles. The summed E-state index contributed by atoms with van der Waals surface area (Å²) in [4.78, 5) is 28.0. The molecule has 3 heterocycles. The van der Waals surface area contributed by atoms with Gasteiger partial charge in [-0.15, -0.1) is 0 Å². The van der Waals surface area contributed by atoms with Crippen LogP contribution >= 0.6 is 0 Å². The molecule has 0 fully saturated rings. The number of amides is 1. The van der Waals surface area contributed by atoms with Crippen molar-refractivity contribution in [2.75, 3.05) is 5.32 Å². The summed E-state index contributed by atoms with van der Waals surface area (Å²) in [5.74, 6) is 0.157. The van der Waals surface area contributed by atoms with Crippen LogP contribution in [0.5, 0.6) is 0 Å². The highest BCUT2D eigenvalue weighted by Gasteiger charge is 2.12. The predicted octanol–water partition coefficient (Wildman–Crippen LogP) is 4.06. The molecule has 7 heteroatoms. The van der Waals surface area contributed by atoms with Crippen molar-refractivity contribution in [1.82, 2.24) is 24.5 Å². The van der Waals surface area contributed by atoms with Gasteiger partial charge in [0.2, 0.25) is 0 Å². The third kappa shape index (κ3) is 3.25. The number of anilines is 1. The number of aromatic amines is 1. The summed E-state index contributed by atoms with van der Waals surface area (Å²) in [6.07, 6.45) is 6.90. The average Bonchev–Trinajstić information content (AvgIpc) is 3.47. The lowest BCUT2D eigenvalue weighted by Gasteiger charge is -2.08. The average molecular weight is 380 g/mol. The number of carbonyl (C=O) groups excluding carboxylic acids is 1. The van der Waals surface area contributed by atoms with E-state index in [9.17, 15) is 4.79 Å². The number of H-pyrrole nitrogens is 1. The molecule has 140 valence electrons. The molecule has 0 atom stereocenters. The molecule has 0 spiro atoms. The van der Waals surface area contributed by atoms with Gasteiger partial charge >= 0.3 is 0 Å². The largest absolute Gasteiger partial charge is 0.340 e. The van der Waals surface area contributed by atoms with Gasteiger partial charge in [-0.1, -0.05) is 24.3 Å². The molecule has 0 radical (unpaired) electrons. The zero-order valence-corrected chi connectivity index (χ0v) is 15.3. The van der Waals surface area contributed by atoms with E-state index in [1.807, 2.05) is 59.4 Å². The summed E-state index contributed by atoms with van der Waals surface area (Å²) >= 11 is 0. The summed E-state index contributed by atoms with van der Waals surface area (Å²) in [6.45, 7) is 0. The standard InChI is InChI=1S/C22H16N6O/c29-22(27-21-19-20(24-13-23-19)25-14-26-21)17-5-3-4-16(12-17)15-6-8-18(9-7-15)28-10-1-2-11-28/h1-14H,(H2,23,24,25,26,27,29). The van der Waals surface area contributed by atoms with E-state index in [0.29, 0.717) is 22.5 Å². The molecule has 3 aromatic heterocycles. The number of nitrogens with one attached hydrogen (secondary N) is 2. The molecular weight excluding hydrogens is 364 g/mol. The quantitative estimate of drug-likeness (QED) is 0.492. The lowest BCUT2D eigenvalue weighted by atomic mass is 10.0. The van der Waals surface area contributed by atoms with Crippen molar-refractivity contribution in [3.8, 4) is 16.8 Å². The predicted molar refractivity (Wildman–Crippen MR) is 111 cm³/mol. The van der Waals surface area contributed by atoms with Crippen molar-refractivity contribution in [1.29, 1.82) is 0 Å². The van der Waals surface area contributed by atoms with E-state index in [0.717, 1.165) is 16.8 Å². The monoisotopic (exact) mass is 380 g/mol. The molecule has 0 unspecified atom stereocenters. The van der Waals surface area contributed by atoms with Gasteiger partial charge in [0.25, 0.3) is 5.91 Å². The van der Waals surface area contributed by atoms with E-state index >= 15 is 0 Å². The van der Waals surface area contributed by atoms with Crippen LogP contribution in [-0.4, -0.2) is 30.4 Å².